The smallest absolute Gasteiger partial charge is 0.255 e. The maximum atomic E-state index is 14.3. The number of amides is 1. The van der Waals surface area contributed by atoms with Crippen molar-refractivity contribution in [1.29, 1.82) is 5.26 Å². The van der Waals surface area contributed by atoms with Crippen LogP contribution in [-0.4, -0.2) is 49.5 Å². The standard InChI is InChI=1S/C27H30FN6O2/c1-26(2,36)24(28)16-31-25(35)20-15-30-22(23-4-3-19-11-18(13-29)14-32-34(19)23)12-21(20)33-27-8-5-17(6-9-27)7-10-27/h3-4,11-12,14-15,24,36H,5-10,16H2,1-2H3,(H,30,33)(H,31,35)/t24-/m1/s1. The van der Waals surface area contributed by atoms with E-state index in [1.165, 1.54) is 26.2 Å². The fourth-order valence-corrected chi connectivity index (χ4v) is 5.13. The number of carbonyl (C=O) groups is 1. The van der Waals surface area contributed by atoms with E-state index >= 15 is 0 Å². The summed E-state index contributed by atoms with van der Waals surface area (Å²) in [4.78, 5) is 17.7. The van der Waals surface area contributed by atoms with Gasteiger partial charge >= 0.3 is 0 Å². The first-order valence-electron chi connectivity index (χ1n) is 12.3. The van der Waals surface area contributed by atoms with Gasteiger partial charge in [-0.25, -0.2) is 8.91 Å². The van der Waals surface area contributed by atoms with E-state index in [0.29, 0.717) is 22.5 Å². The summed E-state index contributed by atoms with van der Waals surface area (Å²) < 4.78 is 16.0. The van der Waals surface area contributed by atoms with Crippen molar-refractivity contribution in [2.45, 2.75) is 69.7 Å². The highest BCUT2D eigenvalue weighted by molar-refractivity contribution is 6.00. The molecule has 3 fully saturated rings. The van der Waals surface area contributed by atoms with Crippen LogP contribution in [0.15, 0.2) is 36.7 Å². The van der Waals surface area contributed by atoms with E-state index in [1.54, 1.807) is 16.5 Å². The second-order valence-corrected chi connectivity index (χ2v) is 10.5. The number of aliphatic hydroxyl groups is 1. The highest BCUT2D eigenvalue weighted by Gasteiger charge is 2.41. The summed E-state index contributed by atoms with van der Waals surface area (Å²) in [6, 6.07) is 9.45. The van der Waals surface area contributed by atoms with Crippen molar-refractivity contribution in [3.8, 4) is 17.5 Å². The number of nitrogens with one attached hydrogen (secondary N) is 2. The van der Waals surface area contributed by atoms with Crippen molar-refractivity contribution in [2.75, 3.05) is 11.9 Å². The molecular formula is C27H30FN6O2. The zero-order chi connectivity index (χ0) is 25.5. The maximum Gasteiger partial charge on any atom is 0.255 e. The lowest BCUT2D eigenvalue weighted by atomic mass is 9.65. The Balaban J connectivity index is 1.49. The average Bonchev–Trinajstić information content (AvgIpc) is 3.30. The number of fused-ring (bicyclic) bond motifs is 4. The number of nitriles is 1. The third kappa shape index (κ3) is 4.65. The number of alkyl halides is 1. The van der Waals surface area contributed by atoms with Crippen LogP contribution >= 0.6 is 0 Å². The van der Waals surface area contributed by atoms with Gasteiger partial charge in [0.25, 0.3) is 5.91 Å². The molecule has 3 aliphatic carbocycles. The predicted molar refractivity (Wildman–Crippen MR) is 134 cm³/mol. The Kier molecular flexibility index (Phi) is 6.17. The van der Waals surface area contributed by atoms with Gasteiger partial charge in [0, 0.05) is 11.7 Å². The van der Waals surface area contributed by atoms with Crippen LogP contribution in [0.1, 0.15) is 68.3 Å². The summed E-state index contributed by atoms with van der Waals surface area (Å²) in [7, 11) is 0. The lowest BCUT2D eigenvalue weighted by Crippen LogP contribution is -2.46. The van der Waals surface area contributed by atoms with E-state index in [-0.39, 0.29) is 12.1 Å². The fourth-order valence-electron chi connectivity index (χ4n) is 5.13. The summed E-state index contributed by atoms with van der Waals surface area (Å²) in [5.74, 6) is 1.17. The van der Waals surface area contributed by atoms with Crippen LogP contribution in [0.2, 0.25) is 0 Å². The van der Waals surface area contributed by atoms with Crippen LogP contribution in [0.4, 0.5) is 10.1 Å². The molecule has 3 N–H and O–H groups in total. The first-order chi connectivity index (χ1) is 17.2. The zero-order valence-electron chi connectivity index (χ0n) is 20.5. The Morgan fingerprint density at radius 2 is 1.97 bits per heavy atom. The number of halogens is 1. The zero-order valence-corrected chi connectivity index (χ0v) is 20.5. The first-order valence-corrected chi connectivity index (χ1v) is 12.3. The molecule has 1 atom stereocenters. The molecule has 3 aromatic heterocycles. The van der Waals surface area contributed by atoms with Crippen LogP contribution in [0.5, 0.6) is 0 Å². The highest BCUT2D eigenvalue weighted by atomic mass is 19.1. The third-order valence-corrected chi connectivity index (χ3v) is 7.52. The Morgan fingerprint density at radius 3 is 2.64 bits per heavy atom. The summed E-state index contributed by atoms with van der Waals surface area (Å²) in [5, 5.41) is 29.8. The summed E-state index contributed by atoms with van der Waals surface area (Å²) in [6.07, 6.45) is 7.72. The van der Waals surface area contributed by atoms with E-state index in [1.807, 2.05) is 18.2 Å². The lowest BCUT2D eigenvalue weighted by Gasteiger charge is -2.47. The van der Waals surface area contributed by atoms with Crippen molar-refractivity contribution < 1.29 is 14.3 Å². The number of aromatic nitrogens is 3. The van der Waals surface area contributed by atoms with E-state index < -0.39 is 17.7 Å². The van der Waals surface area contributed by atoms with Gasteiger partial charge in [0.2, 0.25) is 0 Å². The molecule has 0 aromatic carbocycles. The minimum absolute atomic E-state index is 0.0910. The molecule has 8 nitrogen and oxygen atoms in total. The van der Waals surface area contributed by atoms with Crippen LogP contribution < -0.4 is 10.6 Å². The molecule has 3 aliphatic rings. The molecule has 3 saturated carbocycles. The molecule has 0 spiro atoms. The topological polar surface area (TPSA) is 115 Å². The largest absolute Gasteiger partial charge is 0.387 e. The third-order valence-electron chi connectivity index (χ3n) is 7.52. The van der Waals surface area contributed by atoms with E-state index in [9.17, 15) is 19.6 Å². The molecule has 0 saturated heterocycles. The number of rotatable bonds is 7. The highest BCUT2D eigenvalue weighted by Crippen LogP contribution is 2.47. The van der Waals surface area contributed by atoms with Gasteiger partial charge in [0.05, 0.1) is 52.1 Å². The van der Waals surface area contributed by atoms with Crippen LogP contribution in [0.3, 0.4) is 0 Å². The lowest BCUT2D eigenvalue weighted by molar-refractivity contribution is -0.00177. The second kappa shape index (κ2) is 9.17. The number of pyridine rings is 1. The van der Waals surface area contributed by atoms with Crippen molar-refractivity contribution in [2.24, 2.45) is 0 Å². The van der Waals surface area contributed by atoms with Crippen molar-refractivity contribution >= 4 is 17.1 Å². The van der Waals surface area contributed by atoms with Crippen LogP contribution in [0, 0.1) is 17.2 Å². The molecule has 1 radical (unpaired) electrons. The van der Waals surface area contributed by atoms with Crippen molar-refractivity contribution in [3.05, 3.63) is 53.7 Å². The Morgan fingerprint density at radius 1 is 1.25 bits per heavy atom. The molecule has 2 bridgehead atoms. The van der Waals surface area contributed by atoms with Gasteiger partial charge in [-0.05, 0) is 82.6 Å². The number of hydrogen-bond donors (Lipinski definition) is 3. The predicted octanol–water partition coefficient (Wildman–Crippen LogP) is 4.20. The van der Waals surface area contributed by atoms with Gasteiger partial charge in [-0.1, -0.05) is 0 Å². The molecule has 3 aromatic rings. The van der Waals surface area contributed by atoms with Crippen molar-refractivity contribution in [3.63, 3.8) is 0 Å². The normalized spacial score (nSPS) is 18.1. The van der Waals surface area contributed by atoms with E-state index in [0.717, 1.165) is 49.7 Å². The second-order valence-electron chi connectivity index (χ2n) is 10.5. The van der Waals surface area contributed by atoms with E-state index in [2.05, 4.69) is 26.8 Å². The van der Waals surface area contributed by atoms with E-state index in [4.69, 9.17) is 0 Å². The summed E-state index contributed by atoms with van der Waals surface area (Å²) >= 11 is 0. The monoisotopic (exact) mass is 489 g/mol. The molecule has 187 valence electrons. The van der Waals surface area contributed by atoms with Gasteiger partial charge < -0.3 is 15.7 Å². The van der Waals surface area contributed by atoms with Gasteiger partial charge in [-0.3, -0.25) is 9.78 Å². The molecule has 36 heavy (non-hydrogen) atoms. The Labute approximate surface area is 209 Å². The first kappa shape index (κ1) is 24.2. The molecular weight excluding hydrogens is 459 g/mol. The van der Waals surface area contributed by atoms with Gasteiger partial charge in [-0.2, -0.15) is 10.4 Å². The van der Waals surface area contributed by atoms with Gasteiger partial charge in [0.15, 0.2) is 0 Å². The molecule has 6 rings (SSSR count). The molecule has 1 amide bonds. The minimum atomic E-state index is -1.61. The number of hydrogen-bond acceptors (Lipinski definition) is 6. The van der Waals surface area contributed by atoms with Crippen LogP contribution in [0.25, 0.3) is 16.9 Å². The van der Waals surface area contributed by atoms with Gasteiger partial charge in [0.1, 0.15) is 12.2 Å². The van der Waals surface area contributed by atoms with Crippen LogP contribution in [-0.2, 0) is 0 Å². The Hall–Kier alpha value is -3.51. The minimum Gasteiger partial charge on any atom is -0.387 e. The molecule has 9 heteroatoms. The fraction of sp³-hybridized carbons (Fsp3) is 0.444. The number of carbonyl (C=O) groups excluding carboxylic acids is 1. The molecule has 3 heterocycles. The summed E-state index contributed by atoms with van der Waals surface area (Å²) in [5.41, 5.74) is 1.93. The number of anilines is 1. The van der Waals surface area contributed by atoms with Gasteiger partial charge in [-0.15, -0.1) is 0 Å². The molecule has 0 aliphatic heterocycles. The Bertz CT molecular complexity index is 1320. The number of nitrogens with zero attached hydrogens (tertiary/aromatic N) is 4. The maximum absolute atomic E-state index is 14.3. The summed E-state index contributed by atoms with van der Waals surface area (Å²) in [6.45, 7) is 2.44. The quantitative estimate of drug-likeness (QED) is 0.458. The average molecular weight is 490 g/mol. The van der Waals surface area contributed by atoms with Crippen molar-refractivity contribution in [1.82, 2.24) is 19.9 Å². The SMILES string of the molecule is CC(C)(O)[C@H](F)CNC(=O)c1cnc(-c2ccc3cc(C#N)cnn23)cc1NC12CC[C](CC1)CC2. The molecule has 0 unspecified atom stereocenters.